The van der Waals surface area contributed by atoms with E-state index >= 15 is 0 Å². The number of halogens is 2. The Morgan fingerprint density at radius 3 is 2.63 bits per heavy atom. The average Bonchev–Trinajstić information content (AvgIpc) is 2.33. The molecule has 98 valence electrons. The van der Waals surface area contributed by atoms with Crippen molar-refractivity contribution in [2.24, 2.45) is 0 Å². The lowest BCUT2D eigenvalue weighted by atomic mass is 10.1. The van der Waals surface area contributed by atoms with Crippen LogP contribution in [0.2, 0.25) is 10.0 Å². The Hall–Kier alpha value is -1.71. The summed E-state index contributed by atoms with van der Waals surface area (Å²) in [5, 5.41) is 3.21. The molecule has 0 atom stereocenters. The van der Waals surface area contributed by atoms with Crippen LogP contribution in [0.1, 0.15) is 15.9 Å². The molecule has 0 unspecified atom stereocenters. The first-order valence-electron chi connectivity index (χ1n) is 5.60. The summed E-state index contributed by atoms with van der Waals surface area (Å²) in [6.45, 7) is 1.94. The monoisotopic (exact) mass is 294 g/mol. The summed E-state index contributed by atoms with van der Waals surface area (Å²) < 4.78 is 0. The highest BCUT2D eigenvalue weighted by molar-refractivity contribution is 6.44. The van der Waals surface area contributed by atoms with Crippen molar-refractivity contribution in [2.75, 3.05) is 11.1 Å². The van der Waals surface area contributed by atoms with Crippen LogP contribution >= 0.6 is 23.2 Å². The zero-order valence-electron chi connectivity index (χ0n) is 10.2. The molecular formula is C14H12Cl2N2O. The highest BCUT2D eigenvalue weighted by atomic mass is 35.5. The molecule has 0 radical (unpaired) electrons. The highest BCUT2D eigenvalue weighted by Crippen LogP contribution is 2.29. The fraction of sp³-hybridized carbons (Fsp3) is 0.0714. The van der Waals surface area contributed by atoms with Crippen LogP contribution in [0.15, 0.2) is 36.4 Å². The van der Waals surface area contributed by atoms with Crippen LogP contribution in [0.5, 0.6) is 0 Å². The summed E-state index contributed by atoms with van der Waals surface area (Å²) >= 11 is 11.9. The smallest absolute Gasteiger partial charge is 0.257 e. The number of carbonyl (C=O) groups is 1. The maximum Gasteiger partial charge on any atom is 0.257 e. The second kappa shape index (κ2) is 5.51. The van der Waals surface area contributed by atoms with E-state index in [0.717, 1.165) is 5.56 Å². The number of carbonyl (C=O) groups excluding carboxylic acids is 1. The van der Waals surface area contributed by atoms with E-state index in [0.29, 0.717) is 11.4 Å². The van der Waals surface area contributed by atoms with Gasteiger partial charge in [0.15, 0.2) is 0 Å². The van der Waals surface area contributed by atoms with Gasteiger partial charge >= 0.3 is 0 Å². The Bertz CT molecular complexity index is 641. The molecule has 5 heteroatoms. The topological polar surface area (TPSA) is 55.1 Å². The molecule has 0 aliphatic rings. The van der Waals surface area contributed by atoms with Crippen LogP contribution < -0.4 is 11.1 Å². The Morgan fingerprint density at radius 1 is 1.21 bits per heavy atom. The van der Waals surface area contributed by atoms with Gasteiger partial charge < -0.3 is 11.1 Å². The van der Waals surface area contributed by atoms with Crippen LogP contribution in [0.25, 0.3) is 0 Å². The van der Waals surface area contributed by atoms with Gasteiger partial charge in [0.1, 0.15) is 0 Å². The number of nitrogens with two attached hydrogens (primary N) is 1. The van der Waals surface area contributed by atoms with Crippen molar-refractivity contribution in [3.05, 3.63) is 57.6 Å². The number of hydrogen-bond acceptors (Lipinski definition) is 2. The first-order chi connectivity index (χ1) is 8.97. The van der Waals surface area contributed by atoms with Crippen LogP contribution in [-0.2, 0) is 0 Å². The van der Waals surface area contributed by atoms with Gasteiger partial charge in [-0.1, -0.05) is 35.3 Å². The van der Waals surface area contributed by atoms with Crippen molar-refractivity contribution in [1.29, 1.82) is 0 Å². The molecule has 0 saturated carbocycles. The quantitative estimate of drug-likeness (QED) is 0.818. The molecule has 0 spiro atoms. The molecule has 3 nitrogen and oxygen atoms in total. The number of hydrogen-bond donors (Lipinski definition) is 2. The molecule has 2 aromatic carbocycles. The molecule has 0 saturated heterocycles. The molecule has 2 aromatic rings. The first kappa shape index (κ1) is 13.7. The molecule has 0 aromatic heterocycles. The minimum atomic E-state index is -0.343. The molecular weight excluding hydrogens is 283 g/mol. The molecule has 0 fully saturated rings. The summed E-state index contributed by atoms with van der Waals surface area (Å²) in [5.74, 6) is -0.343. The summed E-state index contributed by atoms with van der Waals surface area (Å²) in [6, 6.07) is 10.5. The summed E-state index contributed by atoms with van der Waals surface area (Å²) in [7, 11) is 0. The highest BCUT2D eigenvalue weighted by Gasteiger charge is 2.14. The summed E-state index contributed by atoms with van der Waals surface area (Å²) in [6.07, 6.45) is 0. The lowest BCUT2D eigenvalue weighted by Crippen LogP contribution is -2.13. The van der Waals surface area contributed by atoms with Crippen LogP contribution in [-0.4, -0.2) is 5.91 Å². The predicted octanol–water partition coefficient (Wildman–Crippen LogP) is 4.14. The van der Waals surface area contributed by atoms with Crippen LogP contribution in [0, 0.1) is 6.92 Å². The first-order valence-corrected chi connectivity index (χ1v) is 6.35. The Labute approximate surface area is 121 Å². The largest absolute Gasteiger partial charge is 0.399 e. The van der Waals surface area contributed by atoms with E-state index in [9.17, 15) is 4.79 Å². The summed E-state index contributed by atoms with van der Waals surface area (Å²) in [4.78, 5) is 12.1. The van der Waals surface area contributed by atoms with Crippen molar-refractivity contribution in [3.63, 3.8) is 0 Å². The lowest BCUT2D eigenvalue weighted by Gasteiger charge is -2.09. The predicted molar refractivity (Wildman–Crippen MR) is 80.0 cm³/mol. The number of nitrogens with one attached hydrogen (secondary N) is 1. The molecule has 2 rings (SSSR count). The van der Waals surface area contributed by atoms with Gasteiger partial charge in [-0.2, -0.15) is 0 Å². The van der Waals surface area contributed by atoms with Gasteiger partial charge in [-0.25, -0.2) is 0 Å². The third-order valence-electron chi connectivity index (χ3n) is 2.57. The molecule has 0 heterocycles. The van der Waals surface area contributed by atoms with Crippen LogP contribution in [0.4, 0.5) is 11.4 Å². The van der Waals surface area contributed by atoms with E-state index in [1.165, 1.54) is 12.1 Å². The van der Waals surface area contributed by atoms with E-state index in [1.54, 1.807) is 6.07 Å². The minimum absolute atomic E-state index is 0.195. The zero-order chi connectivity index (χ0) is 14.0. The van der Waals surface area contributed by atoms with Gasteiger partial charge in [-0.15, -0.1) is 0 Å². The zero-order valence-corrected chi connectivity index (χ0v) is 11.7. The van der Waals surface area contributed by atoms with E-state index in [4.69, 9.17) is 28.9 Å². The second-order valence-corrected chi connectivity index (χ2v) is 4.97. The van der Waals surface area contributed by atoms with Gasteiger partial charge in [0.2, 0.25) is 0 Å². The lowest BCUT2D eigenvalue weighted by molar-refractivity contribution is 0.102. The van der Waals surface area contributed by atoms with Crippen molar-refractivity contribution in [1.82, 2.24) is 0 Å². The maximum atomic E-state index is 12.1. The number of benzene rings is 2. The van der Waals surface area contributed by atoms with Gasteiger partial charge in [0.05, 0.1) is 15.6 Å². The SMILES string of the molecule is Cc1cccc(NC(=O)c2cc(N)cc(Cl)c2Cl)c1. The number of nitrogen functional groups attached to an aromatic ring is 1. The normalized spacial score (nSPS) is 10.3. The summed E-state index contributed by atoms with van der Waals surface area (Å²) in [5.41, 5.74) is 8.06. The standard InChI is InChI=1S/C14H12Cl2N2O/c1-8-3-2-4-10(5-8)18-14(19)11-6-9(17)7-12(15)13(11)16/h2-7H,17H2,1H3,(H,18,19). The van der Waals surface area contributed by atoms with E-state index in [-0.39, 0.29) is 21.5 Å². The molecule has 1 amide bonds. The molecule has 19 heavy (non-hydrogen) atoms. The van der Waals surface area contributed by atoms with Gasteiger partial charge in [0, 0.05) is 11.4 Å². The van der Waals surface area contributed by atoms with E-state index in [1.807, 2.05) is 25.1 Å². The van der Waals surface area contributed by atoms with Crippen molar-refractivity contribution >= 4 is 40.5 Å². The van der Waals surface area contributed by atoms with Gasteiger partial charge in [-0.3, -0.25) is 4.79 Å². The maximum absolute atomic E-state index is 12.1. The minimum Gasteiger partial charge on any atom is -0.399 e. The number of amides is 1. The van der Waals surface area contributed by atoms with Gasteiger partial charge in [0.25, 0.3) is 5.91 Å². The van der Waals surface area contributed by atoms with Crippen molar-refractivity contribution in [2.45, 2.75) is 6.92 Å². The van der Waals surface area contributed by atoms with Crippen LogP contribution in [0.3, 0.4) is 0 Å². The molecule has 0 bridgehead atoms. The van der Waals surface area contributed by atoms with Gasteiger partial charge in [-0.05, 0) is 36.8 Å². The fourth-order valence-electron chi connectivity index (χ4n) is 1.70. The van der Waals surface area contributed by atoms with Crippen molar-refractivity contribution < 1.29 is 4.79 Å². The second-order valence-electron chi connectivity index (χ2n) is 4.19. The number of aryl methyl sites for hydroxylation is 1. The fourth-order valence-corrected chi connectivity index (χ4v) is 2.12. The van der Waals surface area contributed by atoms with Crippen molar-refractivity contribution in [3.8, 4) is 0 Å². The van der Waals surface area contributed by atoms with E-state index < -0.39 is 0 Å². The number of anilines is 2. The number of rotatable bonds is 2. The average molecular weight is 295 g/mol. The Kier molecular flexibility index (Phi) is 3.98. The Morgan fingerprint density at radius 2 is 1.95 bits per heavy atom. The molecule has 0 aliphatic carbocycles. The molecule has 3 N–H and O–H groups in total. The Balaban J connectivity index is 2.30. The third-order valence-corrected chi connectivity index (χ3v) is 3.37. The third kappa shape index (κ3) is 3.19. The molecule has 0 aliphatic heterocycles. The van der Waals surface area contributed by atoms with E-state index in [2.05, 4.69) is 5.32 Å².